The first kappa shape index (κ1) is 31.7. The smallest absolute Gasteiger partial charge is 0.00389 e. The third-order valence-corrected chi connectivity index (χ3v) is 6.94. The van der Waals surface area contributed by atoms with E-state index in [0.717, 1.165) is 5.92 Å². The van der Waals surface area contributed by atoms with Gasteiger partial charge in [0.15, 0.2) is 0 Å². The molecule has 0 radical (unpaired) electrons. The summed E-state index contributed by atoms with van der Waals surface area (Å²) in [6, 6.07) is 0.431. The Kier molecular flexibility index (Phi) is 26.7. The average Bonchev–Trinajstić information content (AvgIpc) is 2.77. The predicted molar refractivity (Wildman–Crippen MR) is 148 cm³/mol. The van der Waals surface area contributed by atoms with E-state index in [-0.39, 0.29) is 0 Å². The van der Waals surface area contributed by atoms with Crippen LogP contribution in [-0.2, 0) is 0 Å². The minimum absolute atomic E-state index is 0.431. The quantitative estimate of drug-likeness (QED) is 0.103. The summed E-state index contributed by atoms with van der Waals surface area (Å²) in [5.74, 6) is 0.872. The Morgan fingerprint density at radius 1 is 0.469 bits per heavy atom. The highest BCUT2D eigenvalue weighted by Gasteiger charge is 2.02. The number of hydrogen-bond acceptors (Lipinski definition) is 1. The molecule has 1 nitrogen and oxygen atoms in total. The SMILES string of the molecule is CCCCCCCCCCCCCC/C=C/CCCC(N)CCCCCCCCC(C)C. The Bertz CT molecular complexity index is 359. The second kappa shape index (κ2) is 26.9. The second-order valence-electron chi connectivity index (χ2n) is 10.9. The van der Waals surface area contributed by atoms with Crippen LogP contribution in [0, 0.1) is 5.92 Å². The largest absolute Gasteiger partial charge is 0.328 e. The lowest BCUT2D eigenvalue weighted by atomic mass is 10.0. The molecular formula is C31H63N. The van der Waals surface area contributed by atoms with Crippen LogP contribution in [0.2, 0.25) is 0 Å². The van der Waals surface area contributed by atoms with Gasteiger partial charge in [0.25, 0.3) is 0 Å². The Balaban J connectivity index is 3.21. The zero-order valence-electron chi connectivity index (χ0n) is 22.9. The fraction of sp³-hybridized carbons (Fsp3) is 0.935. The first-order valence-corrected chi connectivity index (χ1v) is 15.1. The van der Waals surface area contributed by atoms with Gasteiger partial charge < -0.3 is 5.73 Å². The normalized spacial score (nSPS) is 12.9. The van der Waals surface area contributed by atoms with Crippen LogP contribution in [0.15, 0.2) is 12.2 Å². The van der Waals surface area contributed by atoms with Crippen molar-refractivity contribution in [1.29, 1.82) is 0 Å². The number of nitrogens with two attached hydrogens (primary N) is 1. The first-order chi connectivity index (χ1) is 15.7. The monoisotopic (exact) mass is 449 g/mol. The van der Waals surface area contributed by atoms with Crippen molar-refractivity contribution in [3.05, 3.63) is 12.2 Å². The maximum Gasteiger partial charge on any atom is 0.00389 e. The highest BCUT2D eigenvalue weighted by molar-refractivity contribution is 4.81. The van der Waals surface area contributed by atoms with Gasteiger partial charge in [-0.25, -0.2) is 0 Å². The molecule has 0 saturated heterocycles. The van der Waals surface area contributed by atoms with E-state index in [1.807, 2.05) is 0 Å². The zero-order valence-corrected chi connectivity index (χ0v) is 22.9. The summed E-state index contributed by atoms with van der Waals surface area (Å²) in [5, 5.41) is 0. The molecule has 32 heavy (non-hydrogen) atoms. The van der Waals surface area contributed by atoms with Gasteiger partial charge in [-0.3, -0.25) is 0 Å². The van der Waals surface area contributed by atoms with Crippen LogP contribution in [0.4, 0.5) is 0 Å². The number of hydrogen-bond donors (Lipinski definition) is 1. The number of unbranched alkanes of at least 4 members (excludes halogenated alkanes) is 18. The molecule has 0 aromatic heterocycles. The van der Waals surface area contributed by atoms with E-state index < -0.39 is 0 Å². The van der Waals surface area contributed by atoms with Crippen LogP contribution in [0.3, 0.4) is 0 Å². The van der Waals surface area contributed by atoms with Gasteiger partial charge in [0, 0.05) is 6.04 Å². The minimum atomic E-state index is 0.431. The summed E-state index contributed by atoms with van der Waals surface area (Å²) in [6.45, 7) is 6.96. The van der Waals surface area contributed by atoms with Gasteiger partial charge >= 0.3 is 0 Å². The van der Waals surface area contributed by atoms with Crippen molar-refractivity contribution in [1.82, 2.24) is 0 Å². The molecule has 0 aliphatic heterocycles. The van der Waals surface area contributed by atoms with Gasteiger partial charge in [-0.05, 0) is 44.4 Å². The molecule has 1 unspecified atom stereocenters. The summed E-state index contributed by atoms with van der Waals surface area (Å²) in [6.07, 6.45) is 38.1. The van der Waals surface area contributed by atoms with Crippen molar-refractivity contribution in [2.24, 2.45) is 11.7 Å². The van der Waals surface area contributed by atoms with E-state index in [4.69, 9.17) is 5.73 Å². The standard InChI is InChI=1S/C31H63N/c1-4-5-6-7-8-9-10-11-12-13-14-15-16-17-18-22-25-28-31(32)29-26-23-20-19-21-24-27-30(2)3/h17-18,30-31H,4-16,19-29,32H2,1-3H3/b18-17+. The highest BCUT2D eigenvalue weighted by atomic mass is 14.6. The van der Waals surface area contributed by atoms with Crippen molar-refractivity contribution in [3.8, 4) is 0 Å². The van der Waals surface area contributed by atoms with E-state index >= 15 is 0 Å². The Hall–Kier alpha value is -0.300. The van der Waals surface area contributed by atoms with Gasteiger partial charge in [-0.1, -0.05) is 148 Å². The molecule has 0 heterocycles. The van der Waals surface area contributed by atoms with E-state index in [1.54, 1.807) is 0 Å². The fourth-order valence-corrected chi connectivity index (χ4v) is 4.65. The molecular weight excluding hydrogens is 386 g/mol. The molecule has 0 fully saturated rings. The first-order valence-electron chi connectivity index (χ1n) is 15.1. The molecule has 192 valence electrons. The molecule has 0 bridgehead atoms. The summed E-state index contributed by atoms with van der Waals surface area (Å²) in [7, 11) is 0. The second-order valence-corrected chi connectivity index (χ2v) is 10.9. The van der Waals surface area contributed by atoms with Crippen molar-refractivity contribution in [2.45, 2.75) is 181 Å². The number of allylic oxidation sites excluding steroid dienone is 2. The fourth-order valence-electron chi connectivity index (χ4n) is 4.65. The van der Waals surface area contributed by atoms with Crippen LogP contribution in [0.5, 0.6) is 0 Å². The summed E-state index contributed by atoms with van der Waals surface area (Å²) in [4.78, 5) is 0. The molecule has 1 heteroatoms. The van der Waals surface area contributed by atoms with Crippen LogP contribution in [-0.4, -0.2) is 6.04 Å². The van der Waals surface area contributed by atoms with Gasteiger partial charge in [-0.15, -0.1) is 0 Å². The number of rotatable bonds is 26. The van der Waals surface area contributed by atoms with Crippen LogP contribution in [0.25, 0.3) is 0 Å². The Morgan fingerprint density at radius 3 is 1.34 bits per heavy atom. The molecule has 0 aliphatic rings. The van der Waals surface area contributed by atoms with E-state index in [2.05, 4.69) is 32.9 Å². The van der Waals surface area contributed by atoms with Gasteiger partial charge in [-0.2, -0.15) is 0 Å². The van der Waals surface area contributed by atoms with Crippen LogP contribution in [0.1, 0.15) is 175 Å². The Morgan fingerprint density at radius 2 is 0.844 bits per heavy atom. The summed E-state index contributed by atoms with van der Waals surface area (Å²) >= 11 is 0. The highest BCUT2D eigenvalue weighted by Crippen LogP contribution is 2.15. The summed E-state index contributed by atoms with van der Waals surface area (Å²) < 4.78 is 0. The van der Waals surface area contributed by atoms with Gasteiger partial charge in [0.05, 0.1) is 0 Å². The maximum atomic E-state index is 6.31. The van der Waals surface area contributed by atoms with Crippen LogP contribution < -0.4 is 5.73 Å². The third-order valence-electron chi connectivity index (χ3n) is 6.94. The van der Waals surface area contributed by atoms with Crippen molar-refractivity contribution >= 4 is 0 Å². The lowest BCUT2D eigenvalue weighted by Gasteiger charge is -2.10. The van der Waals surface area contributed by atoms with Crippen LogP contribution >= 0.6 is 0 Å². The summed E-state index contributed by atoms with van der Waals surface area (Å²) in [5.41, 5.74) is 6.31. The third kappa shape index (κ3) is 27.7. The van der Waals surface area contributed by atoms with E-state index in [0.29, 0.717) is 6.04 Å². The van der Waals surface area contributed by atoms with Crippen molar-refractivity contribution in [3.63, 3.8) is 0 Å². The lowest BCUT2D eigenvalue weighted by Crippen LogP contribution is -2.19. The molecule has 0 saturated carbocycles. The molecule has 0 amide bonds. The van der Waals surface area contributed by atoms with E-state index in [9.17, 15) is 0 Å². The van der Waals surface area contributed by atoms with Crippen molar-refractivity contribution in [2.75, 3.05) is 0 Å². The maximum absolute atomic E-state index is 6.31. The molecule has 2 N–H and O–H groups in total. The Labute approximate surface area is 204 Å². The molecule has 0 aromatic rings. The molecule has 0 spiro atoms. The van der Waals surface area contributed by atoms with Crippen molar-refractivity contribution < 1.29 is 0 Å². The van der Waals surface area contributed by atoms with Gasteiger partial charge in [0.1, 0.15) is 0 Å². The lowest BCUT2D eigenvalue weighted by molar-refractivity contribution is 0.486. The molecule has 1 atom stereocenters. The minimum Gasteiger partial charge on any atom is -0.328 e. The molecule has 0 aromatic carbocycles. The zero-order chi connectivity index (χ0) is 23.5. The predicted octanol–water partition coefficient (Wildman–Crippen LogP) is 10.9. The average molecular weight is 450 g/mol. The molecule has 0 rings (SSSR count). The van der Waals surface area contributed by atoms with E-state index in [1.165, 1.54) is 154 Å². The van der Waals surface area contributed by atoms with Gasteiger partial charge in [0.2, 0.25) is 0 Å². The topological polar surface area (TPSA) is 26.0 Å². The molecule has 0 aliphatic carbocycles.